The standard InChI is InChI=1S/C10H17NO/c1-3-4-10(11-2)7-9-5-6-12-8-9/h1,9-11H,4-8H2,2H3. The fourth-order valence-corrected chi connectivity index (χ4v) is 1.62. The van der Waals surface area contributed by atoms with E-state index in [9.17, 15) is 0 Å². The second-order valence-electron chi connectivity index (χ2n) is 3.36. The summed E-state index contributed by atoms with van der Waals surface area (Å²) in [6, 6.07) is 0.474. The smallest absolute Gasteiger partial charge is 0.0495 e. The van der Waals surface area contributed by atoms with Crippen molar-refractivity contribution in [1.82, 2.24) is 5.32 Å². The van der Waals surface area contributed by atoms with Gasteiger partial charge in [0.25, 0.3) is 0 Å². The molecule has 2 heteroatoms. The Hall–Kier alpha value is -0.520. The molecule has 0 aromatic rings. The van der Waals surface area contributed by atoms with Crippen LogP contribution in [0.1, 0.15) is 19.3 Å². The molecule has 1 saturated heterocycles. The van der Waals surface area contributed by atoms with Crippen molar-refractivity contribution in [2.24, 2.45) is 5.92 Å². The lowest BCUT2D eigenvalue weighted by atomic mass is 9.97. The molecule has 0 aromatic heterocycles. The lowest BCUT2D eigenvalue weighted by Gasteiger charge is -2.16. The highest BCUT2D eigenvalue weighted by molar-refractivity contribution is 4.90. The Kier molecular flexibility index (Phi) is 4.13. The largest absolute Gasteiger partial charge is 0.381 e. The molecule has 2 unspecified atom stereocenters. The zero-order chi connectivity index (χ0) is 8.81. The Labute approximate surface area is 74.7 Å². The van der Waals surface area contributed by atoms with E-state index in [1.807, 2.05) is 7.05 Å². The van der Waals surface area contributed by atoms with E-state index >= 15 is 0 Å². The minimum Gasteiger partial charge on any atom is -0.381 e. The van der Waals surface area contributed by atoms with E-state index in [2.05, 4.69) is 11.2 Å². The van der Waals surface area contributed by atoms with Crippen LogP contribution in [0.5, 0.6) is 0 Å². The van der Waals surface area contributed by atoms with Gasteiger partial charge in [-0.25, -0.2) is 0 Å². The van der Waals surface area contributed by atoms with Gasteiger partial charge < -0.3 is 10.1 Å². The van der Waals surface area contributed by atoms with Crippen LogP contribution in [0.25, 0.3) is 0 Å². The fourth-order valence-electron chi connectivity index (χ4n) is 1.62. The summed E-state index contributed by atoms with van der Waals surface area (Å²) in [6.07, 6.45) is 8.44. The Balaban J connectivity index is 2.21. The zero-order valence-corrected chi connectivity index (χ0v) is 7.68. The molecule has 1 rings (SSSR count). The summed E-state index contributed by atoms with van der Waals surface area (Å²) in [7, 11) is 1.97. The molecule has 2 atom stereocenters. The first kappa shape index (κ1) is 9.57. The molecular weight excluding hydrogens is 150 g/mol. The molecular formula is C10H17NO. The van der Waals surface area contributed by atoms with Gasteiger partial charge >= 0.3 is 0 Å². The highest BCUT2D eigenvalue weighted by Crippen LogP contribution is 2.18. The van der Waals surface area contributed by atoms with Gasteiger partial charge in [-0.05, 0) is 25.8 Å². The molecule has 1 heterocycles. The maximum Gasteiger partial charge on any atom is 0.0495 e. The number of ether oxygens (including phenoxy) is 1. The maximum absolute atomic E-state index is 5.30. The molecule has 0 bridgehead atoms. The Morgan fingerprint density at radius 1 is 1.75 bits per heavy atom. The first-order valence-corrected chi connectivity index (χ1v) is 4.55. The van der Waals surface area contributed by atoms with Crippen LogP contribution in [-0.4, -0.2) is 26.3 Å². The monoisotopic (exact) mass is 167 g/mol. The summed E-state index contributed by atoms with van der Waals surface area (Å²) in [5.74, 6) is 3.41. The van der Waals surface area contributed by atoms with Crippen LogP contribution in [-0.2, 0) is 4.74 Å². The number of hydrogen-bond acceptors (Lipinski definition) is 2. The fraction of sp³-hybridized carbons (Fsp3) is 0.800. The first-order chi connectivity index (χ1) is 5.86. The average molecular weight is 167 g/mol. The predicted octanol–water partition coefficient (Wildman–Crippen LogP) is 1.02. The number of hydrogen-bond donors (Lipinski definition) is 1. The molecule has 0 amide bonds. The molecule has 1 aliphatic rings. The summed E-state index contributed by atoms with van der Waals surface area (Å²) in [6.45, 7) is 1.85. The van der Waals surface area contributed by atoms with E-state index in [1.165, 1.54) is 6.42 Å². The molecule has 0 spiro atoms. The van der Waals surface area contributed by atoms with Crippen molar-refractivity contribution in [3.8, 4) is 12.3 Å². The van der Waals surface area contributed by atoms with Gasteiger partial charge in [0.1, 0.15) is 0 Å². The van der Waals surface area contributed by atoms with E-state index in [1.54, 1.807) is 0 Å². The maximum atomic E-state index is 5.30. The van der Waals surface area contributed by atoms with Crippen molar-refractivity contribution in [3.63, 3.8) is 0 Å². The number of terminal acetylenes is 1. The van der Waals surface area contributed by atoms with Gasteiger partial charge in [-0.3, -0.25) is 0 Å². The third-order valence-electron chi connectivity index (χ3n) is 2.41. The molecule has 68 valence electrons. The summed E-state index contributed by atoms with van der Waals surface area (Å²) in [4.78, 5) is 0. The Morgan fingerprint density at radius 2 is 2.58 bits per heavy atom. The molecule has 1 N–H and O–H groups in total. The first-order valence-electron chi connectivity index (χ1n) is 4.55. The van der Waals surface area contributed by atoms with Gasteiger partial charge in [0.05, 0.1) is 0 Å². The van der Waals surface area contributed by atoms with E-state index < -0.39 is 0 Å². The molecule has 2 nitrogen and oxygen atoms in total. The zero-order valence-electron chi connectivity index (χ0n) is 7.68. The van der Waals surface area contributed by atoms with E-state index in [0.29, 0.717) is 6.04 Å². The number of rotatable bonds is 4. The predicted molar refractivity (Wildman–Crippen MR) is 49.8 cm³/mol. The third kappa shape index (κ3) is 2.84. The Morgan fingerprint density at radius 3 is 3.08 bits per heavy atom. The molecule has 1 fully saturated rings. The summed E-state index contributed by atoms with van der Waals surface area (Å²) in [5, 5.41) is 3.23. The van der Waals surface area contributed by atoms with Crippen LogP contribution in [0.4, 0.5) is 0 Å². The number of nitrogens with one attached hydrogen (secondary N) is 1. The molecule has 12 heavy (non-hydrogen) atoms. The van der Waals surface area contributed by atoms with Crippen molar-refractivity contribution < 1.29 is 4.74 Å². The molecule has 0 aliphatic carbocycles. The highest BCUT2D eigenvalue weighted by atomic mass is 16.5. The average Bonchev–Trinajstić information content (AvgIpc) is 2.56. The normalized spacial score (nSPS) is 25.2. The second-order valence-corrected chi connectivity index (χ2v) is 3.36. The summed E-state index contributed by atoms with van der Waals surface area (Å²) < 4.78 is 5.30. The van der Waals surface area contributed by atoms with E-state index in [-0.39, 0.29) is 0 Å². The van der Waals surface area contributed by atoms with Crippen LogP contribution < -0.4 is 5.32 Å². The topological polar surface area (TPSA) is 21.3 Å². The van der Waals surface area contributed by atoms with Crippen molar-refractivity contribution in [3.05, 3.63) is 0 Å². The van der Waals surface area contributed by atoms with Crippen molar-refractivity contribution >= 4 is 0 Å². The minimum atomic E-state index is 0.474. The van der Waals surface area contributed by atoms with Crippen LogP contribution in [0.15, 0.2) is 0 Å². The van der Waals surface area contributed by atoms with Crippen molar-refractivity contribution in [2.75, 3.05) is 20.3 Å². The quantitative estimate of drug-likeness (QED) is 0.631. The third-order valence-corrected chi connectivity index (χ3v) is 2.41. The van der Waals surface area contributed by atoms with Gasteiger partial charge in [0.15, 0.2) is 0 Å². The Bertz CT molecular complexity index is 156. The highest BCUT2D eigenvalue weighted by Gasteiger charge is 2.18. The SMILES string of the molecule is C#CCC(CC1CCOC1)NC. The van der Waals surface area contributed by atoms with Gasteiger partial charge in [-0.1, -0.05) is 0 Å². The molecule has 0 saturated carbocycles. The van der Waals surface area contributed by atoms with Gasteiger partial charge in [0, 0.05) is 25.7 Å². The van der Waals surface area contributed by atoms with E-state index in [0.717, 1.165) is 32.0 Å². The molecule has 0 radical (unpaired) electrons. The van der Waals surface area contributed by atoms with Gasteiger partial charge in [0.2, 0.25) is 0 Å². The van der Waals surface area contributed by atoms with Gasteiger partial charge in [-0.15, -0.1) is 12.3 Å². The second kappa shape index (κ2) is 5.18. The minimum absolute atomic E-state index is 0.474. The summed E-state index contributed by atoms with van der Waals surface area (Å²) >= 11 is 0. The van der Waals surface area contributed by atoms with Crippen LogP contribution in [0, 0.1) is 18.3 Å². The molecule has 1 aliphatic heterocycles. The van der Waals surface area contributed by atoms with Crippen LogP contribution in [0.2, 0.25) is 0 Å². The van der Waals surface area contributed by atoms with Crippen molar-refractivity contribution in [2.45, 2.75) is 25.3 Å². The van der Waals surface area contributed by atoms with Crippen LogP contribution in [0.3, 0.4) is 0 Å². The van der Waals surface area contributed by atoms with Gasteiger partial charge in [-0.2, -0.15) is 0 Å². The van der Waals surface area contributed by atoms with Crippen molar-refractivity contribution in [1.29, 1.82) is 0 Å². The lowest BCUT2D eigenvalue weighted by molar-refractivity contribution is 0.182. The van der Waals surface area contributed by atoms with E-state index in [4.69, 9.17) is 11.2 Å². The van der Waals surface area contributed by atoms with Crippen LogP contribution >= 0.6 is 0 Å². The lowest BCUT2D eigenvalue weighted by Crippen LogP contribution is -2.27. The molecule has 0 aromatic carbocycles. The summed E-state index contributed by atoms with van der Waals surface area (Å²) in [5.41, 5.74) is 0.